The van der Waals surface area contributed by atoms with Crippen LogP contribution in [0.3, 0.4) is 0 Å². The summed E-state index contributed by atoms with van der Waals surface area (Å²) in [7, 11) is 0. The minimum atomic E-state index is -0.817. The number of unbranched alkanes of at least 4 members (excludes halogenated alkanes) is 16. The molecule has 1 unspecified atom stereocenters. The van der Waals surface area contributed by atoms with Gasteiger partial charge in [-0.05, 0) is 148 Å². The van der Waals surface area contributed by atoms with E-state index in [1.165, 1.54) is 44.9 Å². The summed E-state index contributed by atoms with van der Waals surface area (Å²) < 4.78 is 16.8. The van der Waals surface area contributed by atoms with Crippen molar-refractivity contribution in [3.05, 3.63) is 158 Å². The van der Waals surface area contributed by atoms with Gasteiger partial charge in [-0.3, -0.25) is 14.4 Å². The molecule has 0 aromatic rings. The first-order valence-electron chi connectivity index (χ1n) is 30.5. The molecule has 0 aliphatic rings. The van der Waals surface area contributed by atoms with Crippen molar-refractivity contribution in [2.75, 3.05) is 13.2 Å². The lowest BCUT2D eigenvalue weighted by Crippen LogP contribution is -2.30. The van der Waals surface area contributed by atoms with Crippen LogP contribution < -0.4 is 0 Å². The summed E-state index contributed by atoms with van der Waals surface area (Å²) in [6.07, 6.45) is 91.0. The quantitative estimate of drug-likeness (QED) is 0.0261. The number of carbonyl (C=O) groups is 3. The molecule has 6 nitrogen and oxygen atoms in total. The lowest BCUT2D eigenvalue weighted by molar-refractivity contribution is -0.167. The van der Waals surface area contributed by atoms with Crippen LogP contribution in [-0.2, 0) is 28.6 Å². The van der Waals surface area contributed by atoms with Gasteiger partial charge in [0.15, 0.2) is 6.10 Å². The molecule has 6 heteroatoms. The fourth-order valence-electron chi connectivity index (χ4n) is 7.74. The molecule has 0 aromatic carbocycles. The van der Waals surface area contributed by atoms with E-state index in [4.69, 9.17) is 14.2 Å². The maximum atomic E-state index is 12.8. The molecule has 426 valence electrons. The van der Waals surface area contributed by atoms with E-state index >= 15 is 0 Å². The van der Waals surface area contributed by atoms with Crippen LogP contribution in [0.5, 0.6) is 0 Å². The smallest absolute Gasteiger partial charge is 0.306 e. The number of carbonyl (C=O) groups excluding carboxylic acids is 3. The standard InChI is InChI=1S/C70H110O6/c1-4-7-10-13-16-19-22-25-27-28-29-30-31-32-33-34-35-36-37-38-39-40-41-42-44-45-48-51-54-57-60-63-69(72)75-66-67(65-74-68(71)62-59-56-53-50-47-24-21-18-15-12-9-6-3)76-70(73)64-61-58-55-52-49-46-43-26-23-20-17-14-11-8-5-2/h7-8,10-11,16-21,25-27,29-30,32-33,35-36,38-39,41-43,49,52,67H,4-6,9,12-15,22-24,28,31,34,37,40,44-48,50-51,53-66H2,1-3H3/b10-7-,11-8-,19-16-,20-17-,21-18-,27-25-,30-29-,33-32-,36-35-,39-38-,42-41-,43-26-,52-49-. The van der Waals surface area contributed by atoms with Gasteiger partial charge in [0, 0.05) is 19.3 Å². The van der Waals surface area contributed by atoms with Gasteiger partial charge in [0.1, 0.15) is 13.2 Å². The highest BCUT2D eigenvalue weighted by atomic mass is 16.6. The Hall–Kier alpha value is -4.97. The van der Waals surface area contributed by atoms with Crippen molar-refractivity contribution in [1.29, 1.82) is 0 Å². The molecule has 0 fully saturated rings. The lowest BCUT2D eigenvalue weighted by Gasteiger charge is -2.18. The van der Waals surface area contributed by atoms with Gasteiger partial charge in [-0.2, -0.15) is 0 Å². The monoisotopic (exact) mass is 1050 g/mol. The minimum Gasteiger partial charge on any atom is -0.462 e. The Labute approximate surface area is 467 Å². The SMILES string of the molecule is CC/C=C\C/C=C\C/C=C\C/C=C\C/C=C\C/C=C\C/C=C\C/C=C\CCCCCCCCC(=O)OCC(COC(=O)CCCCCCC/C=C\CCCCC)OC(=O)CCCC/C=C\C/C=C\C/C=C\C/C=C\CC. The molecule has 0 N–H and O–H groups in total. The van der Waals surface area contributed by atoms with E-state index in [9.17, 15) is 14.4 Å². The third-order valence-corrected chi connectivity index (χ3v) is 12.2. The number of hydrogen-bond acceptors (Lipinski definition) is 6. The van der Waals surface area contributed by atoms with Crippen LogP contribution >= 0.6 is 0 Å². The molecule has 0 spiro atoms. The summed E-state index contributed by atoms with van der Waals surface area (Å²) >= 11 is 0. The molecule has 0 heterocycles. The van der Waals surface area contributed by atoms with Crippen LogP contribution in [0.2, 0.25) is 0 Å². The number of hydrogen-bond donors (Lipinski definition) is 0. The van der Waals surface area contributed by atoms with Crippen molar-refractivity contribution in [3.63, 3.8) is 0 Å². The third kappa shape index (κ3) is 59.9. The van der Waals surface area contributed by atoms with Gasteiger partial charge in [-0.15, -0.1) is 0 Å². The average molecular weight is 1050 g/mol. The molecule has 0 aliphatic carbocycles. The molecule has 76 heavy (non-hydrogen) atoms. The molecule has 0 amide bonds. The van der Waals surface area contributed by atoms with E-state index in [1.807, 2.05) is 0 Å². The van der Waals surface area contributed by atoms with Crippen molar-refractivity contribution in [1.82, 2.24) is 0 Å². The van der Waals surface area contributed by atoms with Gasteiger partial charge in [0.2, 0.25) is 0 Å². The van der Waals surface area contributed by atoms with Gasteiger partial charge in [0.25, 0.3) is 0 Å². The highest BCUT2D eigenvalue weighted by molar-refractivity contribution is 5.71. The summed E-state index contributed by atoms with van der Waals surface area (Å²) in [4.78, 5) is 38.1. The molecule has 0 radical (unpaired) electrons. The average Bonchev–Trinajstić information content (AvgIpc) is 3.42. The Bertz CT molecular complexity index is 1720. The fourth-order valence-corrected chi connectivity index (χ4v) is 7.74. The van der Waals surface area contributed by atoms with Crippen LogP contribution in [0, 0.1) is 0 Å². The van der Waals surface area contributed by atoms with Gasteiger partial charge in [0.05, 0.1) is 0 Å². The van der Waals surface area contributed by atoms with Crippen LogP contribution in [0.4, 0.5) is 0 Å². The first-order valence-corrected chi connectivity index (χ1v) is 30.5. The maximum Gasteiger partial charge on any atom is 0.306 e. The summed E-state index contributed by atoms with van der Waals surface area (Å²) in [6.45, 7) is 6.32. The summed E-state index contributed by atoms with van der Waals surface area (Å²) in [5, 5.41) is 0. The Kier molecular flexibility index (Phi) is 58.5. The molecule has 0 saturated carbocycles. The number of rotatable bonds is 53. The second-order valence-corrected chi connectivity index (χ2v) is 19.5. The molecule has 1 atom stereocenters. The number of ether oxygens (including phenoxy) is 3. The highest BCUT2D eigenvalue weighted by Gasteiger charge is 2.19. The Balaban J connectivity index is 4.36. The van der Waals surface area contributed by atoms with Gasteiger partial charge in [-0.1, -0.05) is 237 Å². The van der Waals surface area contributed by atoms with Crippen molar-refractivity contribution in [3.8, 4) is 0 Å². The van der Waals surface area contributed by atoms with Crippen molar-refractivity contribution >= 4 is 17.9 Å². The van der Waals surface area contributed by atoms with Gasteiger partial charge < -0.3 is 14.2 Å². The Morgan fingerprint density at radius 2 is 0.513 bits per heavy atom. The number of esters is 3. The molecule has 0 rings (SSSR count). The van der Waals surface area contributed by atoms with E-state index in [0.29, 0.717) is 19.3 Å². The Morgan fingerprint density at radius 3 is 0.842 bits per heavy atom. The zero-order valence-corrected chi connectivity index (χ0v) is 48.7. The van der Waals surface area contributed by atoms with Gasteiger partial charge >= 0.3 is 17.9 Å². The van der Waals surface area contributed by atoms with E-state index in [1.54, 1.807) is 0 Å². The van der Waals surface area contributed by atoms with Crippen LogP contribution in [0.1, 0.15) is 245 Å². The maximum absolute atomic E-state index is 12.8. The predicted molar refractivity (Wildman–Crippen MR) is 329 cm³/mol. The summed E-state index contributed by atoms with van der Waals surface area (Å²) in [5.41, 5.74) is 0. The second-order valence-electron chi connectivity index (χ2n) is 19.5. The largest absolute Gasteiger partial charge is 0.462 e. The predicted octanol–water partition coefficient (Wildman–Crippen LogP) is 20.9. The third-order valence-electron chi connectivity index (χ3n) is 12.2. The minimum absolute atomic E-state index is 0.110. The zero-order chi connectivity index (χ0) is 55.0. The van der Waals surface area contributed by atoms with Gasteiger partial charge in [-0.25, -0.2) is 0 Å². The topological polar surface area (TPSA) is 78.9 Å². The summed E-state index contributed by atoms with van der Waals surface area (Å²) in [6, 6.07) is 0. The van der Waals surface area contributed by atoms with E-state index in [-0.39, 0.29) is 37.5 Å². The molecule has 0 aromatic heterocycles. The van der Waals surface area contributed by atoms with E-state index < -0.39 is 6.10 Å². The van der Waals surface area contributed by atoms with E-state index in [0.717, 1.165) is 154 Å². The lowest BCUT2D eigenvalue weighted by atomic mass is 10.1. The van der Waals surface area contributed by atoms with Crippen LogP contribution in [-0.4, -0.2) is 37.2 Å². The van der Waals surface area contributed by atoms with Crippen LogP contribution in [0.15, 0.2) is 158 Å². The highest BCUT2D eigenvalue weighted by Crippen LogP contribution is 2.13. The zero-order valence-electron chi connectivity index (χ0n) is 48.7. The van der Waals surface area contributed by atoms with Crippen molar-refractivity contribution in [2.45, 2.75) is 252 Å². The molecular formula is C70H110O6. The molecule has 0 bridgehead atoms. The first kappa shape index (κ1) is 71.0. The fraction of sp³-hybridized carbons (Fsp3) is 0.586. The second kappa shape index (κ2) is 62.6. The molecule has 0 saturated heterocycles. The molecule has 0 aliphatic heterocycles. The molecular weight excluding hydrogens is 937 g/mol. The van der Waals surface area contributed by atoms with Crippen molar-refractivity contribution < 1.29 is 28.6 Å². The van der Waals surface area contributed by atoms with Crippen molar-refractivity contribution in [2.24, 2.45) is 0 Å². The normalized spacial score (nSPS) is 13.2. The van der Waals surface area contributed by atoms with Crippen LogP contribution in [0.25, 0.3) is 0 Å². The summed E-state index contributed by atoms with van der Waals surface area (Å²) in [5.74, 6) is -0.983. The first-order chi connectivity index (χ1) is 37.5. The number of allylic oxidation sites excluding steroid dienone is 26. The Morgan fingerprint density at radius 1 is 0.276 bits per heavy atom. The van der Waals surface area contributed by atoms with E-state index in [2.05, 4.69) is 179 Å².